The van der Waals surface area contributed by atoms with E-state index in [0.717, 1.165) is 135 Å². The molecule has 0 unspecified atom stereocenters. The van der Waals surface area contributed by atoms with Crippen molar-refractivity contribution in [1.82, 2.24) is 29.9 Å². The summed E-state index contributed by atoms with van der Waals surface area (Å²) in [5, 5.41) is 11.3. The number of halogens is 7. The molecule has 0 aliphatic heterocycles. The van der Waals surface area contributed by atoms with Crippen molar-refractivity contribution in [3.63, 3.8) is 0 Å². The molecule has 0 fully saturated rings. The van der Waals surface area contributed by atoms with Crippen molar-refractivity contribution in [2.45, 2.75) is 212 Å². The van der Waals surface area contributed by atoms with Gasteiger partial charge in [-0.3, -0.25) is 0 Å². The number of unbranched alkanes of at least 4 members (excludes halogenated alkanes) is 3. The Labute approximate surface area is 759 Å². The average Bonchev–Trinajstić information content (AvgIpc) is 1.51. The Morgan fingerprint density at radius 1 is 0.405 bits per heavy atom. The second-order valence-electron chi connectivity index (χ2n) is 30.6. The number of hydrogen-bond donors (Lipinski definition) is 0. The number of carbonyl (C=O) groups is 3. The minimum Gasteiger partial charge on any atom is -0.464 e. The van der Waals surface area contributed by atoms with Crippen LogP contribution in [0.25, 0.3) is 84.1 Å². The van der Waals surface area contributed by atoms with E-state index in [9.17, 15) is 14.4 Å². The van der Waals surface area contributed by atoms with Crippen LogP contribution in [0.5, 0.6) is 0 Å². The molecule has 0 aliphatic rings. The van der Waals surface area contributed by atoms with Crippen LogP contribution < -0.4 is 3.02 Å². The van der Waals surface area contributed by atoms with Crippen LogP contribution in [0.2, 0.25) is 28.4 Å². The normalized spacial score (nSPS) is 12.7. The summed E-state index contributed by atoms with van der Waals surface area (Å²) in [4.78, 5) is 67.6. The van der Waals surface area contributed by atoms with Gasteiger partial charge < -0.3 is 28.4 Å². The zero-order valence-electron chi connectivity index (χ0n) is 68.6. The van der Waals surface area contributed by atoms with Gasteiger partial charge >= 0.3 is 154 Å². The maximum absolute atomic E-state index is 13.2. The minimum absolute atomic E-state index is 0.268. The summed E-state index contributed by atoms with van der Waals surface area (Å²) in [6.45, 7) is 36.5. The van der Waals surface area contributed by atoms with Crippen molar-refractivity contribution >= 4 is 237 Å². The zero-order valence-corrected chi connectivity index (χ0v) is 84.9. The number of aromatic nitrogens is 6. The van der Waals surface area contributed by atoms with Crippen LogP contribution >= 0.6 is 167 Å². The van der Waals surface area contributed by atoms with Gasteiger partial charge in [0, 0.05) is 59.2 Å². The molecule has 3 atom stereocenters. The van der Waals surface area contributed by atoms with E-state index in [0.29, 0.717) is 15.1 Å². The van der Waals surface area contributed by atoms with Gasteiger partial charge in [-0.25, -0.2) is 39.3 Å². The second-order valence-corrected chi connectivity index (χ2v) is 55.2. The van der Waals surface area contributed by atoms with Crippen molar-refractivity contribution < 1.29 is 42.8 Å². The third-order valence-corrected chi connectivity index (χ3v) is 45.4. The van der Waals surface area contributed by atoms with Crippen LogP contribution in [0, 0.1) is 20.8 Å². The number of nitrogens with zero attached hydrogens (tertiary/aromatic N) is 6. The van der Waals surface area contributed by atoms with E-state index in [1.54, 1.807) is 46.5 Å². The molecule has 12 aromatic rings. The van der Waals surface area contributed by atoms with E-state index in [2.05, 4.69) is 105 Å². The quantitative estimate of drug-likeness (QED) is 0.0269. The number of ether oxygens (including phenoxy) is 6. The molecule has 6 aromatic heterocycles. The number of fused-ring (bicyclic) bond motifs is 3. The molecule has 29 heteroatoms. The van der Waals surface area contributed by atoms with Gasteiger partial charge in [0.2, 0.25) is 0 Å². The number of hydrogen-bond acceptors (Lipinski definition) is 21. The molecule has 620 valence electrons. The van der Waals surface area contributed by atoms with Gasteiger partial charge in [0.15, 0.2) is 42.3 Å². The summed E-state index contributed by atoms with van der Waals surface area (Å²) in [5.41, 5.74) is 11.5. The third kappa shape index (κ3) is 25.5. The number of esters is 3. The molecule has 12 rings (SSSR count). The molecule has 0 radical (unpaired) electrons. The smallest absolute Gasteiger partial charge is 0.339 e. The maximum Gasteiger partial charge on any atom is 0.339 e. The first-order valence-corrected chi connectivity index (χ1v) is 55.4. The number of aryl methyl sites for hydroxylation is 3. The average molecular weight is 2110 g/mol. The SMILES string of the molecule is CCC[CH2][Sn]([CH2]CCC)([CH2]CCC)[c]1nc(Br)cs1.CCOC(=O)[C@@H](OC(C)(C)C)c1c(C)cc2nc(-c3nc(Br)cs3)sc2c1-c1ccc(Cl)cc1.CCOC(=O)[C@@H](OC(C)(C)C)c1c(C)cc2nc(-c3nc(Br)cs3)sc2c1-c1ccc(Cl)cc1.CCOC(=O)[C@@H](OC(C)(C)C)c1c(C)cc2nc(Br)sc2c1-c1ccc(Cl)cc1. The van der Waals surface area contributed by atoms with Gasteiger partial charge in [0.05, 0.1) is 67.3 Å². The topological polar surface area (TPSA) is 184 Å². The number of benzene rings is 6. The van der Waals surface area contributed by atoms with Crippen molar-refractivity contribution in [2.75, 3.05) is 19.8 Å². The molecule has 0 aliphatic carbocycles. The van der Waals surface area contributed by atoms with Crippen molar-refractivity contribution in [2.24, 2.45) is 0 Å². The molecule has 6 heterocycles. The Morgan fingerprint density at radius 3 is 0.966 bits per heavy atom. The summed E-state index contributed by atoms with van der Waals surface area (Å²) in [7, 11) is 0. The van der Waals surface area contributed by atoms with Gasteiger partial charge in [0.25, 0.3) is 0 Å². The summed E-state index contributed by atoms with van der Waals surface area (Å²) in [5.74, 6) is -1.23. The van der Waals surface area contributed by atoms with Gasteiger partial charge in [-0.2, -0.15) is 0 Å². The molecule has 6 aromatic carbocycles. The van der Waals surface area contributed by atoms with E-state index in [-0.39, 0.29) is 19.8 Å². The fourth-order valence-electron chi connectivity index (χ4n) is 13.3. The zero-order chi connectivity index (χ0) is 84.7. The van der Waals surface area contributed by atoms with E-state index >= 15 is 0 Å². The Bertz CT molecular complexity index is 5100. The summed E-state index contributed by atoms with van der Waals surface area (Å²) in [6, 6.07) is 28.8. The number of carbonyl (C=O) groups excluding carboxylic acids is 3. The van der Waals surface area contributed by atoms with Crippen molar-refractivity contribution in [1.29, 1.82) is 0 Å². The van der Waals surface area contributed by atoms with Crippen LogP contribution in [0.4, 0.5) is 0 Å². The maximum atomic E-state index is 13.2. The van der Waals surface area contributed by atoms with E-state index < -0.39 is 71.4 Å². The summed E-state index contributed by atoms with van der Waals surface area (Å²) in [6.07, 6.45) is 5.62. The predicted molar refractivity (Wildman–Crippen MR) is 505 cm³/mol. The van der Waals surface area contributed by atoms with Gasteiger partial charge in [-0.1, -0.05) is 71.2 Å². The van der Waals surface area contributed by atoms with E-state index in [1.807, 2.05) is 196 Å². The molecule has 15 nitrogen and oxygen atoms in total. The van der Waals surface area contributed by atoms with Crippen molar-refractivity contribution in [3.05, 3.63) is 173 Å². The number of thiazole rings is 6. The molecule has 0 saturated heterocycles. The Balaban J connectivity index is 0.000000180. The fourth-order valence-corrected chi connectivity index (χ4v) is 40.3. The van der Waals surface area contributed by atoms with E-state index in [4.69, 9.17) is 78.2 Å². The summed E-state index contributed by atoms with van der Waals surface area (Å²) < 4.78 is 47.6. The first kappa shape index (κ1) is 95.6. The molecular formula is C87H99Br4Cl3N6O9S6Sn. The molecule has 0 amide bonds. The molecular weight excluding hydrogens is 2010 g/mol. The minimum atomic E-state index is -2.20. The van der Waals surface area contributed by atoms with Crippen LogP contribution in [0.1, 0.15) is 194 Å². The van der Waals surface area contributed by atoms with Crippen molar-refractivity contribution in [3.8, 4) is 53.4 Å². The monoisotopic (exact) mass is 2100 g/mol. The number of rotatable bonds is 27. The molecule has 0 bridgehead atoms. The molecule has 0 saturated carbocycles. The molecule has 0 N–H and O–H groups in total. The van der Waals surface area contributed by atoms with Crippen LogP contribution in [-0.2, 0) is 42.8 Å². The standard InChI is InChI=1S/2C25H24BrClN2O3S2.C22H23BrClNO3S.3C4H9.C3HBrNS.Sn/c2*1-6-31-24(30)20(32-25(3,4)5)18-13(2)11-16-21(19(18)14-7-9-15(27)10-8-14)34-23(28-16)22-29-17(26)12-33-22;1-6-27-20(26)18(28-22(3,4)5)16-12(2)11-15-19(29-21(23)25-15)17(16)13-7-9-14(24)10-8-13;3*1-3-4-2;4-3-1-6-2-5-3;/h2*7-12,20H,6H2,1-5H3;7-11,18H,6H2,1-5H3;3*1,3-4H2,2H3;1H;/t2*20-;18-;;;;;/m000...../s1. The van der Waals surface area contributed by atoms with E-state index in [1.165, 1.54) is 85.8 Å². The van der Waals surface area contributed by atoms with Crippen LogP contribution in [-0.4, -0.2) is 103 Å². The Morgan fingerprint density at radius 2 is 0.698 bits per heavy atom. The Hall–Kier alpha value is -4.24. The van der Waals surface area contributed by atoms with Crippen LogP contribution in [0.15, 0.2) is 125 Å². The predicted octanol–water partition coefficient (Wildman–Crippen LogP) is 29.5. The van der Waals surface area contributed by atoms with Gasteiger partial charge in [-0.05, 0) is 240 Å². The third-order valence-electron chi connectivity index (χ3n) is 18.1. The largest absolute Gasteiger partial charge is 0.464 e. The van der Waals surface area contributed by atoms with Gasteiger partial charge in [-0.15, -0.1) is 56.7 Å². The first-order chi connectivity index (χ1) is 54.9. The Kier molecular flexibility index (Phi) is 35.6. The second kappa shape index (κ2) is 43.2. The molecule has 116 heavy (non-hydrogen) atoms. The summed E-state index contributed by atoms with van der Waals surface area (Å²) >= 11 is 39.8. The molecule has 0 spiro atoms. The first-order valence-electron chi connectivity index (χ1n) is 38.6. The van der Waals surface area contributed by atoms with Gasteiger partial charge in [0.1, 0.15) is 9.21 Å². The van der Waals surface area contributed by atoms with Crippen LogP contribution in [0.3, 0.4) is 0 Å². The fraction of sp³-hybridized carbons (Fsp3) is 0.414.